The van der Waals surface area contributed by atoms with Gasteiger partial charge in [-0.1, -0.05) is 42.0 Å². The molecular formula is C25H28N2O5S. The number of aryl methyl sites for hydroxylation is 1. The van der Waals surface area contributed by atoms with Crippen LogP contribution in [0.2, 0.25) is 0 Å². The molecule has 0 saturated carbocycles. The summed E-state index contributed by atoms with van der Waals surface area (Å²) in [5, 5.41) is 2.88. The number of ether oxygens (including phenoxy) is 2. The smallest absolute Gasteiger partial charge is 0.264 e. The van der Waals surface area contributed by atoms with Gasteiger partial charge in [-0.25, -0.2) is 8.42 Å². The van der Waals surface area contributed by atoms with Crippen LogP contribution in [0, 0.1) is 6.92 Å². The highest BCUT2D eigenvalue weighted by Gasteiger charge is 2.27. The van der Waals surface area contributed by atoms with E-state index in [2.05, 4.69) is 5.32 Å². The van der Waals surface area contributed by atoms with E-state index in [1.165, 1.54) is 12.1 Å². The Bertz CT molecular complexity index is 1200. The van der Waals surface area contributed by atoms with Gasteiger partial charge in [0.25, 0.3) is 10.0 Å². The zero-order chi connectivity index (χ0) is 24.0. The predicted molar refractivity (Wildman–Crippen MR) is 128 cm³/mol. The molecule has 1 N–H and O–H groups in total. The van der Waals surface area contributed by atoms with E-state index in [0.29, 0.717) is 17.2 Å². The zero-order valence-corrected chi connectivity index (χ0v) is 19.9. The molecule has 0 unspecified atom stereocenters. The Morgan fingerprint density at radius 1 is 0.939 bits per heavy atom. The maximum atomic E-state index is 13.4. The fourth-order valence-corrected chi connectivity index (χ4v) is 4.81. The van der Waals surface area contributed by atoms with Crippen molar-refractivity contribution in [2.45, 2.75) is 24.8 Å². The molecule has 3 rings (SSSR count). The second kappa shape index (κ2) is 10.4. The summed E-state index contributed by atoms with van der Waals surface area (Å²) >= 11 is 0. The molecule has 0 heterocycles. The highest BCUT2D eigenvalue weighted by Crippen LogP contribution is 2.30. The topological polar surface area (TPSA) is 84.9 Å². The lowest BCUT2D eigenvalue weighted by Crippen LogP contribution is -2.41. The van der Waals surface area contributed by atoms with Crippen LogP contribution in [0.1, 0.15) is 24.1 Å². The van der Waals surface area contributed by atoms with E-state index < -0.39 is 15.9 Å². The van der Waals surface area contributed by atoms with Gasteiger partial charge in [0.2, 0.25) is 5.91 Å². The lowest BCUT2D eigenvalue weighted by atomic mass is 10.1. The van der Waals surface area contributed by atoms with E-state index >= 15 is 0 Å². The van der Waals surface area contributed by atoms with E-state index in [1.807, 2.05) is 32.0 Å². The molecule has 0 saturated heterocycles. The Morgan fingerprint density at radius 3 is 2.18 bits per heavy atom. The first kappa shape index (κ1) is 24.1. The Kier molecular flexibility index (Phi) is 7.60. The Balaban J connectivity index is 1.85. The number of sulfonamides is 1. The van der Waals surface area contributed by atoms with Crippen molar-refractivity contribution in [1.82, 2.24) is 5.32 Å². The largest absolute Gasteiger partial charge is 0.493 e. The van der Waals surface area contributed by atoms with Gasteiger partial charge in [0.05, 0.1) is 30.8 Å². The van der Waals surface area contributed by atoms with E-state index in [0.717, 1.165) is 15.4 Å². The van der Waals surface area contributed by atoms with Gasteiger partial charge in [0.1, 0.15) is 6.54 Å². The van der Waals surface area contributed by atoms with Crippen molar-refractivity contribution >= 4 is 21.6 Å². The number of anilines is 1. The summed E-state index contributed by atoms with van der Waals surface area (Å²) in [5.74, 6) is 0.695. The van der Waals surface area contributed by atoms with E-state index in [4.69, 9.17) is 9.47 Å². The molecule has 0 aliphatic carbocycles. The number of carbonyl (C=O) groups is 1. The van der Waals surface area contributed by atoms with Crippen LogP contribution in [0.15, 0.2) is 77.7 Å². The fraction of sp³-hybridized carbons (Fsp3) is 0.240. The summed E-state index contributed by atoms with van der Waals surface area (Å²) in [6.07, 6.45) is 0. The van der Waals surface area contributed by atoms with Gasteiger partial charge in [-0.2, -0.15) is 0 Å². The molecule has 174 valence electrons. The highest BCUT2D eigenvalue weighted by atomic mass is 32.2. The number of hydrogen-bond acceptors (Lipinski definition) is 5. The average molecular weight is 469 g/mol. The van der Waals surface area contributed by atoms with Gasteiger partial charge < -0.3 is 14.8 Å². The van der Waals surface area contributed by atoms with Crippen LogP contribution in [0.3, 0.4) is 0 Å². The van der Waals surface area contributed by atoms with Crippen molar-refractivity contribution in [3.05, 3.63) is 83.9 Å². The molecular weight excluding hydrogens is 440 g/mol. The van der Waals surface area contributed by atoms with Crippen molar-refractivity contribution in [3.63, 3.8) is 0 Å². The Morgan fingerprint density at radius 2 is 1.58 bits per heavy atom. The Hall–Kier alpha value is -3.52. The molecule has 0 spiro atoms. The number of methoxy groups -OCH3 is 2. The molecule has 0 bridgehead atoms. The van der Waals surface area contributed by atoms with Crippen LogP contribution in [0.4, 0.5) is 5.69 Å². The van der Waals surface area contributed by atoms with Gasteiger partial charge in [-0.05, 0) is 55.8 Å². The number of hydrogen-bond donors (Lipinski definition) is 1. The summed E-state index contributed by atoms with van der Waals surface area (Å²) in [6, 6.07) is 20.1. The van der Waals surface area contributed by atoms with Crippen LogP contribution in [0.5, 0.6) is 11.5 Å². The number of rotatable bonds is 9. The first-order valence-corrected chi connectivity index (χ1v) is 11.9. The summed E-state index contributed by atoms with van der Waals surface area (Å²) in [5.41, 5.74) is 2.20. The second-order valence-corrected chi connectivity index (χ2v) is 9.43. The minimum absolute atomic E-state index is 0.117. The first-order chi connectivity index (χ1) is 15.8. The number of nitrogens with zero attached hydrogens (tertiary/aromatic N) is 1. The molecule has 0 aromatic heterocycles. The highest BCUT2D eigenvalue weighted by molar-refractivity contribution is 7.92. The molecule has 1 amide bonds. The lowest BCUT2D eigenvalue weighted by molar-refractivity contribution is -0.120. The van der Waals surface area contributed by atoms with Gasteiger partial charge in [-0.15, -0.1) is 0 Å². The molecule has 0 fully saturated rings. The maximum Gasteiger partial charge on any atom is 0.264 e. The van der Waals surface area contributed by atoms with Crippen molar-refractivity contribution in [2.75, 3.05) is 25.1 Å². The van der Waals surface area contributed by atoms with Crippen LogP contribution in [0.25, 0.3) is 0 Å². The van der Waals surface area contributed by atoms with Crippen molar-refractivity contribution in [1.29, 1.82) is 0 Å². The summed E-state index contributed by atoms with van der Waals surface area (Å²) in [7, 11) is -0.855. The van der Waals surface area contributed by atoms with Gasteiger partial charge in [-0.3, -0.25) is 9.10 Å². The third kappa shape index (κ3) is 5.64. The minimum atomic E-state index is -3.95. The molecule has 3 aromatic carbocycles. The third-order valence-corrected chi connectivity index (χ3v) is 7.01. The SMILES string of the molecule is COc1ccc([C@H](C)NC(=O)CN(c2ccc(C)cc2)S(=O)(=O)c2ccccc2)cc1OC. The van der Waals surface area contributed by atoms with E-state index in [9.17, 15) is 13.2 Å². The van der Waals surface area contributed by atoms with Crippen molar-refractivity contribution in [2.24, 2.45) is 0 Å². The van der Waals surface area contributed by atoms with Crippen LogP contribution < -0.4 is 19.1 Å². The van der Waals surface area contributed by atoms with Crippen LogP contribution in [-0.2, 0) is 14.8 Å². The first-order valence-electron chi connectivity index (χ1n) is 10.4. The fourth-order valence-electron chi connectivity index (χ4n) is 3.37. The quantitative estimate of drug-likeness (QED) is 0.511. The Labute approximate surface area is 195 Å². The molecule has 1 atom stereocenters. The summed E-state index contributed by atoms with van der Waals surface area (Å²) in [4.78, 5) is 13.1. The molecule has 0 radical (unpaired) electrons. The van der Waals surface area contributed by atoms with Crippen molar-refractivity contribution in [3.8, 4) is 11.5 Å². The minimum Gasteiger partial charge on any atom is -0.493 e. The lowest BCUT2D eigenvalue weighted by Gasteiger charge is -2.25. The standard InChI is InChI=1S/C25H28N2O5S/c1-18-10-13-21(14-11-18)27(33(29,30)22-8-6-5-7-9-22)17-25(28)26-19(2)20-12-15-23(31-3)24(16-20)32-4/h5-16,19H,17H2,1-4H3,(H,26,28)/t19-/m0/s1. The van der Waals surface area contributed by atoms with Gasteiger partial charge in [0.15, 0.2) is 11.5 Å². The number of benzene rings is 3. The van der Waals surface area contributed by atoms with Crippen LogP contribution in [-0.4, -0.2) is 35.1 Å². The third-order valence-electron chi connectivity index (χ3n) is 5.23. The molecule has 8 heteroatoms. The number of carbonyl (C=O) groups excluding carboxylic acids is 1. The molecule has 0 aliphatic heterocycles. The van der Waals surface area contributed by atoms with Crippen LogP contribution >= 0.6 is 0 Å². The number of amides is 1. The zero-order valence-electron chi connectivity index (χ0n) is 19.1. The monoisotopic (exact) mass is 468 g/mol. The predicted octanol–water partition coefficient (Wildman–Crippen LogP) is 4.08. The summed E-state index contributed by atoms with van der Waals surface area (Å²) in [6.45, 7) is 3.37. The molecule has 0 aliphatic rings. The van der Waals surface area contributed by atoms with Gasteiger partial charge in [0, 0.05) is 0 Å². The molecule has 33 heavy (non-hydrogen) atoms. The van der Waals surface area contributed by atoms with E-state index in [1.54, 1.807) is 56.7 Å². The van der Waals surface area contributed by atoms with Gasteiger partial charge >= 0.3 is 0 Å². The second-order valence-electron chi connectivity index (χ2n) is 7.56. The number of nitrogens with one attached hydrogen (secondary N) is 1. The summed E-state index contributed by atoms with van der Waals surface area (Å²) < 4.78 is 38.5. The van der Waals surface area contributed by atoms with E-state index in [-0.39, 0.29) is 17.5 Å². The molecule has 3 aromatic rings. The maximum absolute atomic E-state index is 13.4. The molecule has 7 nitrogen and oxygen atoms in total. The normalized spacial score (nSPS) is 12.0. The average Bonchev–Trinajstić information content (AvgIpc) is 2.83. The van der Waals surface area contributed by atoms with Crippen molar-refractivity contribution < 1.29 is 22.7 Å².